The van der Waals surface area contributed by atoms with Gasteiger partial charge >= 0.3 is 5.97 Å². The third-order valence-electron chi connectivity index (χ3n) is 8.42. The first-order chi connectivity index (χ1) is 19.5. The van der Waals surface area contributed by atoms with Crippen LogP contribution in [0, 0.1) is 0 Å². The van der Waals surface area contributed by atoms with Crippen LogP contribution in [0.3, 0.4) is 0 Å². The fourth-order valence-electron chi connectivity index (χ4n) is 6.13. The molecule has 2 aromatic rings. The Hall–Kier alpha value is -3.40. The summed E-state index contributed by atoms with van der Waals surface area (Å²) in [5, 5.41) is 6.35. The van der Waals surface area contributed by atoms with Gasteiger partial charge in [-0.15, -0.1) is 0 Å². The summed E-state index contributed by atoms with van der Waals surface area (Å²) in [6.07, 6.45) is 11.8. The Balaban J connectivity index is 1.20. The molecule has 2 aliphatic carbocycles. The van der Waals surface area contributed by atoms with Crippen molar-refractivity contribution in [3.63, 3.8) is 0 Å². The maximum Gasteiger partial charge on any atom is 0.323 e. The summed E-state index contributed by atoms with van der Waals surface area (Å²) in [6, 6.07) is 7.35. The van der Waals surface area contributed by atoms with Crippen LogP contribution in [-0.4, -0.2) is 66.8 Å². The van der Waals surface area contributed by atoms with E-state index in [2.05, 4.69) is 27.4 Å². The minimum absolute atomic E-state index is 0.0608. The molecule has 3 aliphatic rings. The standard InChI is InChI=1S/C30H42N6O4/c1-4-25-28(37)35(3)26-19-32-30(34-27(26)36(25)21-9-5-6-10-21)33-20-13-15-22(16-14-20)39-18-17-24(31-2)29(38)40-23-11-7-8-12-23/h13-16,19,21,23-25,31H,4-12,17-18H2,1-3H3,(H,32,33,34)/t24?,25-/m1/s1. The van der Waals surface area contributed by atoms with Crippen LogP contribution >= 0.6 is 0 Å². The zero-order chi connectivity index (χ0) is 28.1. The number of anilines is 4. The smallest absolute Gasteiger partial charge is 0.323 e. The third kappa shape index (κ3) is 6.16. The lowest BCUT2D eigenvalue weighted by Crippen LogP contribution is -2.55. The molecular formula is C30H42N6O4. The Morgan fingerprint density at radius 3 is 2.48 bits per heavy atom. The van der Waals surface area contributed by atoms with Crippen molar-refractivity contribution in [3.8, 4) is 5.75 Å². The van der Waals surface area contributed by atoms with Gasteiger partial charge in [-0.25, -0.2) is 4.98 Å². The molecule has 5 rings (SSSR count). The number of esters is 1. The van der Waals surface area contributed by atoms with Gasteiger partial charge in [0.2, 0.25) is 11.9 Å². The maximum atomic E-state index is 13.1. The van der Waals surface area contributed by atoms with E-state index in [1.54, 1.807) is 18.1 Å². The molecular weight excluding hydrogens is 508 g/mol. The van der Waals surface area contributed by atoms with Crippen LogP contribution in [0.4, 0.5) is 23.1 Å². The molecule has 40 heavy (non-hydrogen) atoms. The lowest BCUT2D eigenvalue weighted by atomic mass is 10.0. The van der Waals surface area contributed by atoms with Crippen LogP contribution in [0.15, 0.2) is 30.5 Å². The molecule has 0 bridgehead atoms. The Bertz CT molecular complexity index is 1160. The van der Waals surface area contributed by atoms with Crippen LogP contribution in [0.5, 0.6) is 5.75 Å². The lowest BCUT2D eigenvalue weighted by molar-refractivity contribution is -0.151. The number of nitrogens with one attached hydrogen (secondary N) is 2. The average molecular weight is 551 g/mol. The summed E-state index contributed by atoms with van der Waals surface area (Å²) >= 11 is 0. The number of benzene rings is 1. The molecule has 2 fully saturated rings. The van der Waals surface area contributed by atoms with Crippen molar-refractivity contribution in [2.45, 2.75) is 95.4 Å². The van der Waals surface area contributed by atoms with Crippen molar-refractivity contribution in [2.75, 3.05) is 35.8 Å². The van der Waals surface area contributed by atoms with Gasteiger partial charge < -0.3 is 29.9 Å². The minimum Gasteiger partial charge on any atom is -0.494 e. The van der Waals surface area contributed by atoms with Crippen molar-refractivity contribution < 1.29 is 19.1 Å². The van der Waals surface area contributed by atoms with Gasteiger partial charge in [0, 0.05) is 25.2 Å². The highest BCUT2D eigenvalue weighted by Gasteiger charge is 2.41. The van der Waals surface area contributed by atoms with Crippen LogP contribution < -0.4 is 25.2 Å². The predicted octanol–water partition coefficient (Wildman–Crippen LogP) is 4.57. The second-order valence-corrected chi connectivity index (χ2v) is 11.0. The number of ether oxygens (including phenoxy) is 2. The molecule has 1 amide bonds. The molecule has 10 heteroatoms. The number of carbonyl (C=O) groups excluding carboxylic acids is 2. The van der Waals surface area contributed by atoms with Gasteiger partial charge in [-0.3, -0.25) is 9.59 Å². The Morgan fingerprint density at radius 2 is 1.80 bits per heavy atom. The van der Waals surface area contributed by atoms with Crippen LogP contribution in [0.25, 0.3) is 0 Å². The molecule has 2 heterocycles. The molecule has 10 nitrogen and oxygen atoms in total. The number of nitrogens with zero attached hydrogens (tertiary/aromatic N) is 4. The Kier molecular flexibility index (Phi) is 9.04. The molecule has 1 unspecified atom stereocenters. The third-order valence-corrected chi connectivity index (χ3v) is 8.42. The van der Waals surface area contributed by atoms with Crippen molar-refractivity contribution in [3.05, 3.63) is 30.5 Å². The maximum absolute atomic E-state index is 13.1. The van der Waals surface area contributed by atoms with E-state index in [9.17, 15) is 9.59 Å². The first-order valence-corrected chi connectivity index (χ1v) is 14.8. The monoisotopic (exact) mass is 550 g/mol. The molecule has 2 N–H and O–H groups in total. The molecule has 1 aromatic heterocycles. The summed E-state index contributed by atoms with van der Waals surface area (Å²) in [5.41, 5.74) is 1.59. The SMILES string of the molecule is CC[C@@H]1C(=O)N(C)c2cnc(Nc3ccc(OCCC(NC)C(=O)OC4CCCC4)cc3)nc2N1C1CCCC1. The number of aromatic nitrogens is 2. The largest absolute Gasteiger partial charge is 0.494 e. The molecule has 0 radical (unpaired) electrons. The van der Waals surface area contributed by atoms with Crippen LogP contribution in [-0.2, 0) is 14.3 Å². The van der Waals surface area contributed by atoms with E-state index in [4.69, 9.17) is 14.5 Å². The molecule has 0 saturated heterocycles. The molecule has 0 spiro atoms. The van der Waals surface area contributed by atoms with Gasteiger partial charge in [0.1, 0.15) is 29.6 Å². The van der Waals surface area contributed by atoms with E-state index in [0.29, 0.717) is 30.8 Å². The highest BCUT2D eigenvalue weighted by molar-refractivity contribution is 6.04. The predicted molar refractivity (Wildman–Crippen MR) is 155 cm³/mol. The normalized spacial score (nSPS) is 20.5. The topological polar surface area (TPSA) is 109 Å². The van der Waals surface area contributed by atoms with Crippen molar-refractivity contribution >= 4 is 35.0 Å². The highest BCUT2D eigenvalue weighted by Crippen LogP contribution is 2.40. The second kappa shape index (κ2) is 12.8. The second-order valence-electron chi connectivity index (χ2n) is 11.0. The number of rotatable bonds is 11. The molecule has 2 saturated carbocycles. The molecule has 2 atom stereocenters. The average Bonchev–Trinajstić information content (AvgIpc) is 3.69. The van der Waals surface area contributed by atoms with Crippen molar-refractivity contribution in [1.29, 1.82) is 0 Å². The molecule has 216 valence electrons. The zero-order valence-electron chi connectivity index (χ0n) is 23.9. The number of fused-ring (bicyclic) bond motifs is 1. The van der Waals surface area contributed by atoms with Crippen LogP contribution in [0.2, 0.25) is 0 Å². The Labute approximate surface area is 236 Å². The fraction of sp³-hybridized carbons (Fsp3) is 0.600. The number of carbonyl (C=O) groups is 2. The first kappa shape index (κ1) is 28.1. The lowest BCUT2D eigenvalue weighted by Gasteiger charge is -2.43. The highest BCUT2D eigenvalue weighted by atomic mass is 16.5. The molecule has 1 aliphatic heterocycles. The van der Waals surface area contributed by atoms with Gasteiger partial charge in [-0.2, -0.15) is 4.98 Å². The quantitative estimate of drug-likeness (QED) is 0.389. The summed E-state index contributed by atoms with van der Waals surface area (Å²) in [5.74, 6) is 1.94. The summed E-state index contributed by atoms with van der Waals surface area (Å²) in [6.45, 7) is 2.46. The van der Waals surface area contributed by atoms with E-state index in [-0.39, 0.29) is 30.1 Å². The van der Waals surface area contributed by atoms with Crippen molar-refractivity contribution in [1.82, 2.24) is 15.3 Å². The van der Waals surface area contributed by atoms with Gasteiger partial charge in [0.25, 0.3) is 0 Å². The van der Waals surface area contributed by atoms with Gasteiger partial charge in [-0.05, 0) is 76.3 Å². The van der Waals surface area contributed by atoms with E-state index >= 15 is 0 Å². The van der Waals surface area contributed by atoms with E-state index in [1.807, 2.05) is 31.3 Å². The van der Waals surface area contributed by atoms with Gasteiger partial charge in [-0.1, -0.05) is 19.8 Å². The van der Waals surface area contributed by atoms with Crippen molar-refractivity contribution in [2.24, 2.45) is 0 Å². The first-order valence-electron chi connectivity index (χ1n) is 14.8. The van der Waals surface area contributed by atoms with Gasteiger partial charge in [0.05, 0.1) is 12.8 Å². The number of hydrogen-bond acceptors (Lipinski definition) is 9. The minimum atomic E-state index is -0.381. The van der Waals surface area contributed by atoms with E-state index < -0.39 is 0 Å². The zero-order valence-corrected chi connectivity index (χ0v) is 23.9. The number of amides is 1. The number of likely N-dealkylation sites (N-methyl/N-ethyl adjacent to an activating group) is 2. The summed E-state index contributed by atoms with van der Waals surface area (Å²) in [7, 11) is 3.58. The van der Waals surface area contributed by atoms with E-state index in [0.717, 1.165) is 62.1 Å². The Morgan fingerprint density at radius 1 is 1.10 bits per heavy atom. The number of hydrogen-bond donors (Lipinski definition) is 2. The van der Waals surface area contributed by atoms with Crippen LogP contribution in [0.1, 0.15) is 71.1 Å². The summed E-state index contributed by atoms with van der Waals surface area (Å²) in [4.78, 5) is 38.9. The summed E-state index contributed by atoms with van der Waals surface area (Å²) < 4.78 is 11.5. The van der Waals surface area contributed by atoms with E-state index in [1.165, 1.54) is 12.8 Å². The fourth-order valence-corrected chi connectivity index (χ4v) is 6.13. The molecule has 1 aromatic carbocycles. The van der Waals surface area contributed by atoms with Gasteiger partial charge in [0.15, 0.2) is 5.82 Å².